The minimum Gasteiger partial charge on any atom is -0.354 e. The molecule has 0 heterocycles. The van der Waals surface area contributed by atoms with Crippen LogP contribution in [0.2, 0.25) is 0 Å². The summed E-state index contributed by atoms with van der Waals surface area (Å²) in [7, 11) is -4.07. The van der Waals surface area contributed by atoms with E-state index in [4.69, 9.17) is 0 Å². The van der Waals surface area contributed by atoms with E-state index >= 15 is 0 Å². The quantitative estimate of drug-likeness (QED) is 0.386. The molecule has 0 bridgehead atoms. The molecule has 0 aromatic heterocycles. The number of carbonyl (C=O) groups excluding carboxylic acids is 2. The second kappa shape index (κ2) is 12.7. The number of hydrogen-bond acceptors (Lipinski definition) is 4. The first kappa shape index (κ1) is 28.9. The number of aryl methyl sites for hydroxylation is 2. The van der Waals surface area contributed by atoms with Crippen molar-refractivity contribution < 1.29 is 18.0 Å². The Hall–Kier alpha value is -3.65. The van der Waals surface area contributed by atoms with Gasteiger partial charge in [0.2, 0.25) is 11.8 Å². The van der Waals surface area contributed by atoms with E-state index in [9.17, 15) is 18.0 Å². The summed E-state index contributed by atoms with van der Waals surface area (Å²) in [5.41, 5.74) is 3.01. The molecule has 38 heavy (non-hydrogen) atoms. The van der Waals surface area contributed by atoms with Crippen LogP contribution >= 0.6 is 0 Å². The number of nitrogens with zero attached hydrogens (tertiary/aromatic N) is 2. The van der Waals surface area contributed by atoms with Crippen molar-refractivity contribution in [2.24, 2.45) is 5.92 Å². The number of carbonyl (C=O) groups is 2. The normalized spacial score (nSPS) is 12.2. The van der Waals surface area contributed by atoms with E-state index in [1.807, 2.05) is 51.1 Å². The zero-order chi connectivity index (χ0) is 27.9. The number of hydrogen-bond donors (Lipinski definition) is 1. The molecular formula is C30H37N3O4S. The van der Waals surface area contributed by atoms with Crippen LogP contribution in [0.4, 0.5) is 5.69 Å². The van der Waals surface area contributed by atoms with Crippen LogP contribution in [0.5, 0.6) is 0 Å². The van der Waals surface area contributed by atoms with Crippen molar-refractivity contribution in [1.29, 1.82) is 0 Å². The second-order valence-electron chi connectivity index (χ2n) is 9.94. The van der Waals surface area contributed by atoms with Gasteiger partial charge in [0.15, 0.2) is 0 Å². The van der Waals surface area contributed by atoms with Crippen molar-refractivity contribution in [1.82, 2.24) is 10.2 Å². The molecule has 0 aliphatic carbocycles. The smallest absolute Gasteiger partial charge is 0.264 e. The third-order valence-electron chi connectivity index (χ3n) is 6.28. The Bertz CT molecular complexity index is 1360. The van der Waals surface area contributed by atoms with Gasteiger partial charge in [0.1, 0.15) is 12.6 Å². The van der Waals surface area contributed by atoms with Crippen molar-refractivity contribution >= 4 is 27.5 Å². The third kappa shape index (κ3) is 7.22. The van der Waals surface area contributed by atoms with Crippen molar-refractivity contribution in [3.63, 3.8) is 0 Å². The summed E-state index contributed by atoms with van der Waals surface area (Å²) in [5.74, 6) is -0.505. The average molecular weight is 536 g/mol. The van der Waals surface area contributed by atoms with Crippen LogP contribution in [0.25, 0.3) is 0 Å². The zero-order valence-corrected chi connectivity index (χ0v) is 23.5. The van der Waals surface area contributed by atoms with E-state index in [1.165, 1.54) is 17.0 Å². The highest BCUT2D eigenvalue weighted by molar-refractivity contribution is 7.92. The summed E-state index contributed by atoms with van der Waals surface area (Å²) < 4.78 is 28.7. The molecule has 3 aromatic rings. The standard InChI is InChI=1S/C30H37N3O4S/c1-22(2)19-31-30(35)25(5)32(20-26-14-11-12-23(3)18-26)29(34)21-33(28-17-10-9-13-24(28)4)38(36,37)27-15-7-6-8-16-27/h6-18,22,25H,19-21H2,1-5H3,(H,31,35)/t25-/m1/s1. The van der Waals surface area contributed by atoms with E-state index < -0.39 is 28.5 Å². The molecule has 0 saturated heterocycles. The molecule has 0 fully saturated rings. The maximum atomic E-state index is 13.9. The maximum absolute atomic E-state index is 13.9. The van der Waals surface area contributed by atoms with Gasteiger partial charge in [-0.25, -0.2) is 8.42 Å². The second-order valence-corrected chi connectivity index (χ2v) is 11.8. The highest BCUT2D eigenvalue weighted by Gasteiger charge is 2.33. The Morgan fingerprint density at radius 2 is 1.53 bits per heavy atom. The summed E-state index contributed by atoms with van der Waals surface area (Å²) in [6.07, 6.45) is 0. The fourth-order valence-corrected chi connectivity index (χ4v) is 5.62. The SMILES string of the molecule is Cc1cccc(CN(C(=O)CN(c2ccccc2C)S(=O)(=O)c2ccccc2)[C@H](C)C(=O)NCC(C)C)c1. The Labute approximate surface area is 226 Å². The first-order chi connectivity index (χ1) is 18.0. The van der Waals surface area contributed by atoms with Crippen LogP contribution in [-0.2, 0) is 26.2 Å². The first-order valence-corrected chi connectivity index (χ1v) is 14.2. The van der Waals surface area contributed by atoms with Crippen molar-refractivity contribution in [3.05, 3.63) is 95.6 Å². The average Bonchev–Trinajstić information content (AvgIpc) is 2.89. The minimum absolute atomic E-state index is 0.0870. The molecule has 3 aromatic carbocycles. The molecule has 0 unspecified atom stereocenters. The molecule has 0 aliphatic rings. The highest BCUT2D eigenvalue weighted by Crippen LogP contribution is 2.27. The predicted octanol–water partition coefficient (Wildman–Crippen LogP) is 4.69. The summed E-state index contributed by atoms with van der Waals surface area (Å²) in [4.78, 5) is 28.5. The van der Waals surface area contributed by atoms with E-state index in [0.717, 1.165) is 15.4 Å². The van der Waals surface area contributed by atoms with E-state index in [0.29, 0.717) is 17.8 Å². The lowest BCUT2D eigenvalue weighted by molar-refractivity contribution is -0.139. The van der Waals surface area contributed by atoms with Gasteiger partial charge in [-0.15, -0.1) is 0 Å². The molecule has 3 rings (SSSR count). The van der Waals surface area contributed by atoms with Gasteiger partial charge < -0.3 is 10.2 Å². The van der Waals surface area contributed by atoms with Gasteiger partial charge >= 0.3 is 0 Å². The summed E-state index contributed by atoms with van der Waals surface area (Å²) >= 11 is 0. The monoisotopic (exact) mass is 535 g/mol. The van der Waals surface area contributed by atoms with Gasteiger partial charge in [-0.3, -0.25) is 13.9 Å². The van der Waals surface area contributed by atoms with Gasteiger partial charge in [0.05, 0.1) is 10.6 Å². The summed E-state index contributed by atoms with van der Waals surface area (Å²) in [6, 6.07) is 22.0. The molecule has 0 spiro atoms. The van der Waals surface area contributed by atoms with Crippen LogP contribution < -0.4 is 9.62 Å². The topological polar surface area (TPSA) is 86.8 Å². The summed E-state index contributed by atoms with van der Waals surface area (Å²) in [5, 5.41) is 2.90. The molecular weight excluding hydrogens is 498 g/mol. The van der Waals surface area contributed by atoms with Crippen LogP contribution in [0.1, 0.15) is 37.5 Å². The number of sulfonamides is 1. The lowest BCUT2D eigenvalue weighted by Crippen LogP contribution is -2.51. The van der Waals surface area contributed by atoms with Crippen molar-refractivity contribution in [2.45, 2.75) is 52.1 Å². The molecule has 0 radical (unpaired) electrons. The Morgan fingerprint density at radius 1 is 0.868 bits per heavy atom. The van der Waals surface area contributed by atoms with Gasteiger partial charge in [0.25, 0.3) is 10.0 Å². The fraction of sp³-hybridized carbons (Fsp3) is 0.333. The molecule has 1 atom stereocenters. The molecule has 2 amide bonds. The van der Waals surface area contributed by atoms with Gasteiger partial charge in [-0.05, 0) is 56.0 Å². The maximum Gasteiger partial charge on any atom is 0.264 e. The van der Waals surface area contributed by atoms with Gasteiger partial charge in [-0.2, -0.15) is 0 Å². The fourth-order valence-electron chi connectivity index (χ4n) is 4.12. The predicted molar refractivity (Wildman–Crippen MR) is 151 cm³/mol. The number of nitrogens with one attached hydrogen (secondary N) is 1. The number of para-hydroxylation sites is 1. The number of anilines is 1. The van der Waals surface area contributed by atoms with Crippen LogP contribution in [-0.4, -0.2) is 44.3 Å². The number of benzene rings is 3. The van der Waals surface area contributed by atoms with Crippen LogP contribution in [0.3, 0.4) is 0 Å². The van der Waals surface area contributed by atoms with E-state index in [1.54, 1.807) is 50.2 Å². The third-order valence-corrected chi connectivity index (χ3v) is 8.06. The minimum atomic E-state index is -4.07. The van der Waals surface area contributed by atoms with E-state index in [-0.39, 0.29) is 23.3 Å². The van der Waals surface area contributed by atoms with E-state index in [2.05, 4.69) is 5.32 Å². The number of rotatable bonds is 11. The lowest BCUT2D eigenvalue weighted by Gasteiger charge is -2.32. The molecule has 202 valence electrons. The van der Waals surface area contributed by atoms with Crippen LogP contribution in [0.15, 0.2) is 83.8 Å². The lowest BCUT2D eigenvalue weighted by atomic mass is 10.1. The van der Waals surface area contributed by atoms with Crippen molar-refractivity contribution in [3.8, 4) is 0 Å². The number of amides is 2. The zero-order valence-electron chi connectivity index (χ0n) is 22.7. The Kier molecular flexibility index (Phi) is 9.69. The molecule has 8 heteroatoms. The Balaban J connectivity index is 2.01. The molecule has 0 saturated carbocycles. The molecule has 0 aliphatic heterocycles. The van der Waals surface area contributed by atoms with Gasteiger partial charge in [-0.1, -0.05) is 80.1 Å². The van der Waals surface area contributed by atoms with Crippen LogP contribution in [0, 0.1) is 19.8 Å². The van der Waals surface area contributed by atoms with Gasteiger partial charge in [0, 0.05) is 13.1 Å². The van der Waals surface area contributed by atoms with Crippen molar-refractivity contribution in [2.75, 3.05) is 17.4 Å². The molecule has 1 N–H and O–H groups in total. The first-order valence-electron chi connectivity index (χ1n) is 12.8. The summed E-state index contributed by atoms with van der Waals surface area (Å²) in [6.45, 7) is 9.63. The Morgan fingerprint density at radius 3 is 2.16 bits per heavy atom. The molecule has 7 nitrogen and oxygen atoms in total. The largest absolute Gasteiger partial charge is 0.354 e. The highest BCUT2D eigenvalue weighted by atomic mass is 32.2.